The quantitative estimate of drug-likeness (QED) is 0.316. The number of ether oxygens (including phenoxy) is 1. The van der Waals surface area contributed by atoms with Crippen LogP contribution in [0.4, 0.5) is 5.69 Å². The number of methoxy groups -OCH3 is 1. The van der Waals surface area contributed by atoms with Crippen molar-refractivity contribution in [3.05, 3.63) is 119 Å². The fourth-order valence-electron chi connectivity index (χ4n) is 3.90. The summed E-state index contributed by atoms with van der Waals surface area (Å²) in [6.45, 7) is 0. The number of benzene rings is 4. The van der Waals surface area contributed by atoms with E-state index >= 15 is 0 Å². The molecule has 4 rings (SSSR count). The second-order valence-corrected chi connectivity index (χ2v) is 7.44. The third kappa shape index (κ3) is 3.32. The van der Waals surface area contributed by atoms with Gasteiger partial charge in [-0.15, -0.1) is 0 Å². The first-order valence-corrected chi connectivity index (χ1v) is 10.0. The van der Waals surface area contributed by atoms with Crippen molar-refractivity contribution in [2.24, 2.45) is 0 Å². The highest BCUT2D eigenvalue weighted by Gasteiger charge is 2.37. The number of nitrogens with two attached hydrogens (primary N) is 1. The molecule has 3 N–H and O–H groups in total. The van der Waals surface area contributed by atoms with Crippen molar-refractivity contribution in [2.45, 2.75) is 5.60 Å². The maximum atomic E-state index is 12.3. The summed E-state index contributed by atoms with van der Waals surface area (Å²) in [5.74, 6) is 0.581. The molecule has 0 aromatic heterocycles. The van der Waals surface area contributed by atoms with E-state index in [9.17, 15) is 5.11 Å². The minimum atomic E-state index is -1.45. The molecule has 0 bridgehead atoms. The molecular weight excluding hydrogens is 394 g/mol. The van der Waals surface area contributed by atoms with Gasteiger partial charge in [0.25, 0.3) is 0 Å². The van der Waals surface area contributed by atoms with E-state index in [1.165, 1.54) is 0 Å². The molecule has 30 heavy (non-hydrogen) atoms. The van der Waals surface area contributed by atoms with Crippen LogP contribution in [-0.4, -0.2) is 12.2 Å². The molecule has 4 aromatic carbocycles. The van der Waals surface area contributed by atoms with E-state index in [1.807, 2.05) is 78.9 Å². The van der Waals surface area contributed by atoms with Crippen LogP contribution in [0.15, 0.2) is 97.1 Å². The van der Waals surface area contributed by atoms with Crippen LogP contribution in [0.1, 0.15) is 16.7 Å². The predicted octanol–water partition coefficient (Wildman–Crippen LogP) is 5.88. The number of anilines is 1. The zero-order valence-electron chi connectivity index (χ0n) is 16.5. The minimum Gasteiger partial charge on any atom is -0.496 e. The SMILES string of the molecule is COc1cccc(C(O)(c2ccccc2)c2ccccc2)c1-c1c(N)cccc1Cl. The van der Waals surface area contributed by atoms with Crippen molar-refractivity contribution >= 4 is 17.3 Å². The zero-order valence-corrected chi connectivity index (χ0v) is 17.3. The first kappa shape index (κ1) is 20.0. The Labute approximate surface area is 181 Å². The fourth-order valence-corrected chi connectivity index (χ4v) is 4.18. The average molecular weight is 416 g/mol. The van der Waals surface area contributed by atoms with Crippen molar-refractivity contribution in [1.82, 2.24) is 0 Å². The predicted molar refractivity (Wildman–Crippen MR) is 123 cm³/mol. The first-order chi connectivity index (χ1) is 14.6. The molecule has 0 heterocycles. The molecule has 0 radical (unpaired) electrons. The van der Waals surface area contributed by atoms with E-state index in [-0.39, 0.29) is 0 Å². The Morgan fingerprint density at radius 2 is 1.30 bits per heavy atom. The van der Waals surface area contributed by atoms with Gasteiger partial charge in [0.05, 0.1) is 12.1 Å². The van der Waals surface area contributed by atoms with E-state index in [2.05, 4.69) is 0 Å². The summed E-state index contributed by atoms with van der Waals surface area (Å²) in [5.41, 5.74) is 8.81. The Morgan fingerprint density at radius 1 is 0.733 bits per heavy atom. The fraction of sp³-hybridized carbons (Fsp3) is 0.0769. The molecular formula is C26H22ClNO2. The van der Waals surface area contributed by atoms with Crippen LogP contribution in [0.3, 0.4) is 0 Å². The molecule has 0 unspecified atom stereocenters. The Balaban J connectivity index is 2.12. The third-order valence-corrected chi connectivity index (χ3v) is 5.63. The molecule has 0 aliphatic rings. The third-order valence-electron chi connectivity index (χ3n) is 5.31. The Kier molecular flexibility index (Phi) is 5.49. The van der Waals surface area contributed by atoms with Gasteiger partial charge < -0.3 is 15.6 Å². The topological polar surface area (TPSA) is 55.5 Å². The van der Waals surface area contributed by atoms with Gasteiger partial charge in [-0.3, -0.25) is 0 Å². The van der Waals surface area contributed by atoms with Gasteiger partial charge in [0, 0.05) is 22.4 Å². The average Bonchev–Trinajstić information content (AvgIpc) is 2.79. The van der Waals surface area contributed by atoms with Crippen LogP contribution in [-0.2, 0) is 5.60 Å². The summed E-state index contributed by atoms with van der Waals surface area (Å²) in [6, 6.07) is 30.1. The van der Waals surface area contributed by atoms with Gasteiger partial charge in [0.1, 0.15) is 11.4 Å². The lowest BCUT2D eigenvalue weighted by Gasteiger charge is -2.33. The Hall–Kier alpha value is -3.27. The molecule has 0 spiro atoms. The van der Waals surface area contributed by atoms with Gasteiger partial charge in [-0.05, 0) is 29.3 Å². The maximum Gasteiger partial charge on any atom is 0.141 e. The normalized spacial score (nSPS) is 11.3. The highest BCUT2D eigenvalue weighted by Crippen LogP contribution is 2.48. The number of aliphatic hydroxyl groups is 1. The van der Waals surface area contributed by atoms with E-state index in [0.29, 0.717) is 33.1 Å². The van der Waals surface area contributed by atoms with Crippen LogP contribution < -0.4 is 10.5 Å². The lowest BCUT2D eigenvalue weighted by molar-refractivity contribution is 0.126. The molecule has 0 aliphatic heterocycles. The summed E-state index contributed by atoms with van der Waals surface area (Å²) in [4.78, 5) is 0. The second kappa shape index (κ2) is 8.23. The molecule has 0 fully saturated rings. The van der Waals surface area contributed by atoms with Crippen LogP contribution in [0.2, 0.25) is 5.02 Å². The largest absolute Gasteiger partial charge is 0.496 e. The van der Waals surface area contributed by atoms with Crippen molar-refractivity contribution in [3.63, 3.8) is 0 Å². The maximum absolute atomic E-state index is 12.3. The molecule has 0 saturated heterocycles. The van der Waals surface area contributed by atoms with Gasteiger partial charge in [-0.25, -0.2) is 0 Å². The number of nitrogen functional groups attached to an aromatic ring is 1. The van der Waals surface area contributed by atoms with Crippen molar-refractivity contribution in [3.8, 4) is 16.9 Å². The summed E-state index contributed by atoms with van der Waals surface area (Å²) in [7, 11) is 1.60. The standard InChI is InChI=1S/C26H22ClNO2/c1-30-23-17-8-14-20(24(23)25-21(27)15-9-16-22(25)28)26(29,18-10-4-2-5-11-18)19-12-6-3-7-13-19/h2-17,29H,28H2,1H3. The zero-order chi connectivity index (χ0) is 21.1. The van der Waals surface area contributed by atoms with E-state index in [1.54, 1.807) is 25.3 Å². The van der Waals surface area contributed by atoms with Crippen molar-refractivity contribution < 1.29 is 9.84 Å². The second-order valence-electron chi connectivity index (χ2n) is 7.03. The molecule has 4 aromatic rings. The Bertz CT molecular complexity index is 1100. The lowest BCUT2D eigenvalue weighted by atomic mass is 9.77. The van der Waals surface area contributed by atoms with Gasteiger partial charge in [-0.2, -0.15) is 0 Å². The minimum absolute atomic E-state index is 0.490. The summed E-state index contributed by atoms with van der Waals surface area (Å²) in [6.07, 6.45) is 0. The smallest absolute Gasteiger partial charge is 0.141 e. The molecule has 0 amide bonds. The number of hydrogen-bond donors (Lipinski definition) is 2. The first-order valence-electron chi connectivity index (χ1n) is 9.62. The number of halogens is 1. The highest BCUT2D eigenvalue weighted by atomic mass is 35.5. The molecule has 0 atom stereocenters. The summed E-state index contributed by atoms with van der Waals surface area (Å²) in [5, 5.41) is 12.8. The van der Waals surface area contributed by atoms with Crippen molar-refractivity contribution in [2.75, 3.05) is 12.8 Å². The molecule has 150 valence electrons. The van der Waals surface area contributed by atoms with Gasteiger partial charge in [-0.1, -0.05) is 90.5 Å². The van der Waals surface area contributed by atoms with E-state index in [4.69, 9.17) is 22.1 Å². The Morgan fingerprint density at radius 3 is 1.83 bits per heavy atom. The molecule has 0 saturated carbocycles. The highest BCUT2D eigenvalue weighted by molar-refractivity contribution is 6.34. The number of rotatable bonds is 5. The lowest BCUT2D eigenvalue weighted by Crippen LogP contribution is -2.29. The number of hydrogen-bond acceptors (Lipinski definition) is 3. The van der Waals surface area contributed by atoms with E-state index in [0.717, 1.165) is 11.1 Å². The summed E-state index contributed by atoms with van der Waals surface area (Å²) < 4.78 is 5.69. The van der Waals surface area contributed by atoms with Crippen LogP contribution in [0, 0.1) is 0 Å². The van der Waals surface area contributed by atoms with E-state index < -0.39 is 5.60 Å². The van der Waals surface area contributed by atoms with Gasteiger partial charge in [0.2, 0.25) is 0 Å². The molecule has 4 heteroatoms. The van der Waals surface area contributed by atoms with Gasteiger partial charge >= 0.3 is 0 Å². The van der Waals surface area contributed by atoms with Crippen LogP contribution in [0.25, 0.3) is 11.1 Å². The van der Waals surface area contributed by atoms with Crippen LogP contribution >= 0.6 is 11.6 Å². The summed E-state index contributed by atoms with van der Waals surface area (Å²) >= 11 is 6.59. The molecule has 0 aliphatic carbocycles. The monoisotopic (exact) mass is 415 g/mol. The van der Waals surface area contributed by atoms with Crippen LogP contribution in [0.5, 0.6) is 5.75 Å². The van der Waals surface area contributed by atoms with Gasteiger partial charge in [0.15, 0.2) is 0 Å². The molecule has 3 nitrogen and oxygen atoms in total. The van der Waals surface area contributed by atoms with Crippen molar-refractivity contribution in [1.29, 1.82) is 0 Å².